The zero-order valence-corrected chi connectivity index (χ0v) is 8.69. The molecule has 0 aromatic rings. The third-order valence-corrected chi connectivity index (χ3v) is 3.04. The van der Waals surface area contributed by atoms with Crippen molar-refractivity contribution in [2.75, 3.05) is 20.3 Å². The van der Waals surface area contributed by atoms with Crippen LogP contribution < -0.4 is 5.73 Å². The van der Waals surface area contributed by atoms with Gasteiger partial charge in [0.1, 0.15) is 0 Å². The number of carbonyl (C=O) groups excluding carboxylic acids is 1. The molecule has 0 saturated carbocycles. The van der Waals surface area contributed by atoms with Crippen LogP contribution in [0.5, 0.6) is 0 Å². The van der Waals surface area contributed by atoms with E-state index in [2.05, 4.69) is 4.74 Å². The highest BCUT2D eigenvalue weighted by Gasteiger charge is 2.40. The zero-order valence-electron chi connectivity index (χ0n) is 8.69. The van der Waals surface area contributed by atoms with Crippen molar-refractivity contribution in [1.29, 1.82) is 0 Å². The Labute approximate surface area is 83.8 Å². The minimum Gasteiger partial charge on any atom is -0.453 e. The van der Waals surface area contributed by atoms with E-state index in [4.69, 9.17) is 5.73 Å². The van der Waals surface area contributed by atoms with Crippen molar-refractivity contribution in [3.8, 4) is 0 Å². The number of hydrogen-bond donors (Lipinski definition) is 2. The Morgan fingerprint density at radius 3 is 2.93 bits per heavy atom. The molecular weight excluding hydrogens is 184 g/mol. The summed E-state index contributed by atoms with van der Waals surface area (Å²) < 4.78 is 4.65. The fraction of sp³-hybridized carbons (Fsp3) is 0.889. The molecule has 5 heteroatoms. The number of aliphatic hydroxyl groups is 1. The zero-order chi connectivity index (χ0) is 10.8. The number of nitrogens with two attached hydrogens (primary N) is 1. The maximum absolute atomic E-state index is 11.3. The van der Waals surface area contributed by atoms with E-state index in [-0.39, 0.29) is 18.7 Å². The van der Waals surface area contributed by atoms with Gasteiger partial charge >= 0.3 is 6.09 Å². The summed E-state index contributed by atoms with van der Waals surface area (Å²) in [4.78, 5) is 12.9. The molecule has 1 aliphatic rings. The van der Waals surface area contributed by atoms with Gasteiger partial charge in [-0.1, -0.05) is 0 Å². The van der Waals surface area contributed by atoms with Crippen molar-refractivity contribution in [1.82, 2.24) is 4.90 Å². The second kappa shape index (κ2) is 4.14. The molecule has 0 aromatic heterocycles. The standard InChI is InChI=1S/C9H18N2O3/c1-7-9(10,6-12)4-3-5-11(7)8(13)14-2/h7,12H,3-6,10H2,1-2H3. The number of rotatable bonds is 1. The van der Waals surface area contributed by atoms with Crippen LogP contribution in [0.2, 0.25) is 0 Å². The van der Waals surface area contributed by atoms with Crippen LogP contribution in [0.1, 0.15) is 19.8 Å². The maximum atomic E-state index is 11.3. The summed E-state index contributed by atoms with van der Waals surface area (Å²) in [5, 5.41) is 9.19. The third-order valence-electron chi connectivity index (χ3n) is 3.04. The Kier molecular flexibility index (Phi) is 3.34. The van der Waals surface area contributed by atoms with Crippen LogP contribution in [0.4, 0.5) is 4.79 Å². The van der Waals surface area contributed by atoms with Gasteiger partial charge in [-0.15, -0.1) is 0 Å². The van der Waals surface area contributed by atoms with E-state index < -0.39 is 5.54 Å². The summed E-state index contributed by atoms with van der Waals surface area (Å²) in [6.45, 7) is 2.38. The van der Waals surface area contributed by atoms with Crippen LogP contribution in [-0.4, -0.2) is 47.9 Å². The molecule has 3 N–H and O–H groups in total. The summed E-state index contributed by atoms with van der Waals surface area (Å²) in [7, 11) is 1.35. The van der Waals surface area contributed by atoms with E-state index in [1.165, 1.54) is 7.11 Å². The highest BCUT2D eigenvalue weighted by molar-refractivity contribution is 5.68. The number of nitrogens with zero attached hydrogens (tertiary/aromatic N) is 1. The monoisotopic (exact) mass is 202 g/mol. The van der Waals surface area contributed by atoms with E-state index in [1.807, 2.05) is 6.92 Å². The van der Waals surface area contributed by atoms with Gasteiger partial charge in [-0.25, -0.2) is 4.79 Å². The van der Waals surface area contributed by atoms with Gasteiger partial charge in [-0.05, 0) is 19.8 Å². The van der Waals surface area contributed by atoms with Crippen LogP contribution in [0.15, 0.2) is 0 Å². The molecule has 14 heavy (non-hydrogen) atoms. The molecule has 0 radical (unpaired) electrons. The van der Waals surface area contributed by atoms with Gasteiger partial charge in [0.05, 0.1) is 25.3 Å². The van der Waals surface area contributed by atoms with Gasteiger partial charge in [-0.2, -0.15) is 0 Å². The number of hydrogen-bond acceptors (Lipinski definition) is 4. The first-order chi connectivity index (χ1) is 6.55. The van der Waals surface area contributed by atoms with E-state index in [0.717, 1.165) is 12.8 Å². The van der Waals surface area contributed by atoms with Gasteiger partial charge < -0.3 is 20.5 Å². The highest BCUT2D eigenvalue weighted by atomic mass is 16.5. The van der Waals surface area contributed by atoms with Gasteiger partial charge in [0.25, 0.3) is 0 Å². The number of aliphatic hydroxyl groups excluding tert-OH is 1. The first-order valence-electron chi connectivity index (χ1n) is 4.79. The van der Waals surface area contributed by atoms with Gasteiger partial charge in [0.2, 0.25) is 0 Å². The van der Waals surface area contributed by atoms with Crippen molar-refractivity contribution in [2.45, 2.75) is 31.3 Å². The molecule has 1 saturated heterocycles. The average Bonchev–Trinajstić information content (AvgIpc) is 2.21. The maximum Gasteiger partial charge on any atom is 0.409 e. The Hall–Kier alpha value is -0.810. The molecule has 0 aromatic carbocycles. The molecule has 1 amide bonds. The lowest BCUT2D eigenvalue weighted by atomic mass is 9.84. The van der Waals surface area contributed by atoms with Crippen LogP contribution in [0.25, 0.3) is 0 Å². The number of ether oxygens (including phenoxy) is 1. The summed E-state index contributed by atoms with van der Waals surface area (Å²) in [5.74, 6) is 0. The topological polar surface area (TPSA) is 75.8 Å². The molecule has 82 valence electrons. The Bertz CT molecular complexity index is 222. The summed E-state index contributed by atoms with van der Waals surface area (Å²) >= 11 is 0. The number of likely N-dealkylation sites (tertiary alicyclic amines) is 1. The quantitative estimate of drug-likeness (QED) is 0.624. The number of methoxy groups -OCH3 is 1. The Morgan fingerprint density at radius 1 is 1.79 bits per heavy atom. The largest absolute Gasteiger partial charge is 0.453 e. The second-order valence-corrected chi connectivity index (χ2v) is 3.83. The average molecular weight is 202 g/mol. The van der Waals surface area contributed by atoms with Crippen molar-refractivity contribution in [2.24, 2.45) is 5.73 Å². The Balaban J connectivity index is 2.75. The normalized spacial score (nSPS) is 32.9. The molecule has 0 bridgehead atoms. The molecule has 2 atom stereocenters. The lowest BCUT2D eigenvalue weighted by Gasteiger charge is -2.44. The smallest absolute Gasteiger partial charge is 0.409 e. The van der Waals surface area contributed by atoms with Crippen LogP contribution >= 0.6 is 0 Å². The van der Waals surface area contributed by atoms with E-state index in [9.17, 15) is 9.90 Å². The molecule has 0 aliphatic carbocycles. The van der Waals surface area contributed by atoms with Crippen LogP contribution in [-0.2, 0) is 4.74 Å². The summed E-state index contributed by atoms with van der Waals surface area (Å²) in [5.41, 5.74) is 5.30. The van der Waals surface area contributed by atoms with Crippen molar-refractivity contribution < 1.29 is 14.6 Å². The van der Waals surface area contributed by atoms with E-state index in [0.29, 0.717) is 6.54 Å². The lowest BCUT2D eigenvalue weighted by molar-refractivity contribution is 0.0359. The van der Waals surface area contributed by atoms with Gasteiger partial charge in [-0.3, -0.25) is 0 Å². The summed E-state index contributed by atoms with van der Waals surface area (Å²) in [6, 6.07) is -0.186. The first-order valence-corrected chi connectivity index (χ1v) is 4.79. The van der Waals surface area contributed by atoms with Crippen molar-refractivity contribution >= 4 is 6.09 Å². The van der Waals surface area contributed by atoms with Gasteiger partial charge in [0, 0.05) is 6.54 Å². The second-order valence-electron chi connectivity index (χ2n) is 3.83. The predicted molar refractivity (Wildman–Crippen MR) is 51.8 cm³/mol. The molecule has 5 nitrogen and oxygen atoms in total. The minimum atomic E-state index is -0.688. The SMILES string of the molecule is COC(=O)N1CCCC(N)(CO)C1C. The molecule has 1 heterocycles. The molecule has 1 rings (SSSR count). The number of carbonyl (C=O) groups is 1. The van der Waals surface area contributed by atoms with Crippen LogP contribution in [0.3, 0.4) is 0 Å². The van der Waals surface area contributed by atoms with E-state index >= 15 is 0 Å². The lowest BCUT2D eigenvalue weighted by Crippen LogP contribution is -2.63. The van der Waals surface area contributed by atoms with Crippen LogP contribution in [0, 0.1) is 0 Å². The minimum absolute atomic E-state index is 0.109. The summed E-state index contributed by atoms with van der Waals surface area (Å²) in [6.07, 6.45) is 1.16. The molecule has 0 spiro atoms. The fourth-order valence-electron chi connectivity index (χ4n) is 1.87. The number of amides is 1. The van der Waals surface area contributed by atoms with Gasteiger partial charge in [0.15, 0.2) is 0 Å². The predicted octanol–water partition coefficient (Wildman–Crippen LogP) is -0.0731. The highest BCUT2D eigenvalue weighted by Crippen LogP contribution is 2.25. The molecule has 1 aliphatic heterocycles. The fourth-order valence-corrected chi connectivity index (χ4v) is 1.87. The molecule has 2 unspecified atom stereocenters. The third kappa shape index (κ3) is 1.83. The van der Waals surface area contributed by atoms with E-state index in [1.54, 1.807) is 4.90 Å². The Morgan fingerprint density at radius 2 is 2.43 bits per heavy atom. The first kappa shape index (κ1) is 11.3. The number of piperidine rings is 1. The van der Waals surface area contributed by atoms with Crippen molar-refractivity contribution in [3.05, 3.63) is 0 Å². The molecule has 1 fully saturated rings. The molecular formula is C9H18N2O3. The van der Waals surface area contributed by atoms with Crippen molar-refractivity contribution in [3.63, 3.8) is 0 Å².